The van der Waals surface area contributed by atoms with Crippen LogP contribution < -0.4 is 4.90 Å². The van der Waals surface area contributed by atoms with Gasteiger partial charge in [0.1, 0.15) is 11.2 Å². The van der Waals surface area contributed by atoms with E-state index < -0.39 is 5.41 Å². The van der Waals surface area contributed by atoms with Gasteiger partial charge in [0, 0.05) is 27.7 Å². The number of hydrogen-bond acceptors (Lipinski definition) is 2. The van der Waals surface area contributed by atoms with Crippen molar-refractivity contribution < 1.29 is 4.42 Å². The summed E-state index contributed by atoms with van der Waals surface area (Å²) in [5, 5.41) is 4.73. The van der Waals surface area contributed by atoms with Gasteiger partial charge in [0.15, 0.2) is 0 Å². The molecule has 0 radical (unpaired) electrons. The molecular formula is C71H47NO. The summed E-state index contributed by atoms with van der Waals surface area (Å²) in [4.78, 5) is 2.45. The molecule has 1 aromatic heterocycles. The number of para-hydroxylation sites is 2. The minimum Gasteiger partial charge on any atom is -0.456 e. The fourth-order valence-corrected chi connectivity index (χ4v) is 11.9. The Kier molecular flexibility index (Phi) is 10.1. The molecule has 73 heavy (non-hydrogen) atoms. The van der Waals surface area contributed by atoms with Gasteiger partial charge in [-0.1, -0.05) is 237 Å². The van der Waals surface area contributed by atoms with Gasteiger partial charge in [-0.15, -0.1) is 0 Å². The van der Waals surface area contributed by atoms with Gasteiger partial charge >= 0.3 is 0 Å². The van der Waals surface area contributed by atoms with E-state index in [-0.39, 0.29) is 0 Å². The first-order valence-corrected chi connectivity index (χ1v) is 25.2. The van der Waals surface area contributed by atoms with E-state index >= 15 is 0 Å². The molecular weight excluding hydrogens is 883 g/mol. The predicted molar refractivity (Wildman–Crippen MR) is 305 cm³/mol. The van der Waals surface area contributed by atoms with Crippen LogP contribution in [-0.2, 0) is 5.41 Å². The van der Waals surface area contributed by atoms with Crippen LogP contribution in [0.3, 0.4) is 0 Å². The highest BCUT2D eigenvalue weighted by atomic mass is 16.3. The van der Waals surface area contributed by atoms with Crippen molar-refractivity contribution in [3.63, 3.8) is 0 Å². The van der Waals surface area contributed by atoms with Crippen molar-refractivity contribution in [2.24, 2.45) is 0 Å². The van der Waals surface area contributed by atoms with Crippen LogP contribution in [0.25, 0.3) is 88.3 Å². The summed E-state index contributed by atoms with van der Waals surface area (Å²) in [7, 11) is 0. The zero-order valence-corrected chi connectivity index (χ0v) is 40.0. The molecule has 1 aliphatic carbocycles. The monoisotopic (exact) mass is 929 g/mol. The lowest BCUT2D eigenvalue weighted by atomic mass is 9.67. The molecule has 14 rings (SSSR count). The third-order valence-electron chi connectivity index (χ3n) is 15.2. The molecule has 0 saturated heterocycles. The average molecular weight is 930 g/mol. The molecule has 12 aromatic carbocycles. The quantitative estimate of drug-likeness (QED) is 0.143. The van der Waals surface area contributed by atoms with E-state index in [1.165, 1.54) is 66.4 Å². The maximum atomic E-state index is 6.41. The third kappa shape index (κ3) is 6.94. The van der Waals surface area contributed by atoms with Crippen molar-refractivity contribution in [3.8, 4) is 55.6 Å². The molecule has 13 aromatic rings. The number of furan rings is 1. The van der Waals surface area contributed by atoms with Gasteiger partial charge in [-0.3, -0.25) is 0 Å². The Hall–Kier alpha value is -9.50. The molecule has 0 fully saturated rings. The number of nitrogens with zero attached hydrogens (tertiary/aromatic N) is 1. The maximum absolute atomic E-state index is 6.41. The number of rotatable bonds is 9. The molecule has 0 saturated carbocycles. The Morgan fingerprint density at radius 3 is 1.63 bits per heavy atom. The van der Waals surface area contributed by atoms with Crippen LogP contribution in [-0.4, -0.2) is 0 Å². The number of benzene rings is 12. The Morgan fingerprint density at radius 1 is 0.301 bits per heavy atom. The van der Waals surface area contributed by atoms with Crippen LogP contribution in [0.15, 0.2) is 290 Å². The zero-order chi connectivity index (χ0) is 48.3. The molecule has 0 amide bonds. The minimum atomic E-state index is -0.519. The third-order valence-corrected chi connectivity index (χ3v) is 15.2. The van der Waals surface area contributed by atoms with Gasteiger partial charge in [-0.2, -0.15) is 0 Å². The highest BCUT2D eigenvalue weighted by molar-refractivity contribution is 6.12. The van der Waals surface area contributed by atoms with E-state index in [1.807, 2.05) is 6.07 Å². The zero-order valence-electron chi connectivity index (χ0n) is 40.0. The molecule has 0 spiro atoms. The lowest BCUT2D eigenvalue weighted by Crippen LogP contribution is -2.28. The predicted octanol–water partition coefficient (Wildman–Crippen LogP) is 19.2. The SMILES string of the molecule is c1ccc(C2(c3ccccc3)c3ccccc3-c3c(-c4ccccc4N(c4ccc(-c5ccc(-c6ccc7ccccc7c6)cc5)cc4)c4cccc(-c5cccc6oc7ccccc7c56)c4)cccc32)cc1. The van der Waals surface area contributed by atoms with Crippen LogP contribution in [0, 0.1) is 0 Å². The van der Waals surface area contributed by atoms with E-state index in [9.17, 15) is 0 Å². The smallest absolute Gasteiger partial charge is 0.136 e. The van der Waals surface area contributed by atoms with Crippen molar-refractivity contribution in [1.29, 1.82) is 0 Å². The van der Waals surface area contributed by atoms with Crippen molar-refractivity contribution in [2.75, 3.05) is 4.90 Å². The first-order chi connectivity index (χ1) is 36.2. The van der Waals surface area contributed by atoms with Gasteiger partial charge in [0.05, 0.1) is 11.1 Å². The Bertz CT molecular complexity index is 4150. The molecule has 0 atom stereocenters. The summed E-state index contributed by atoms with van der Waals surface area (Å²) in [6.07, 6.45) is 0. The molecule has 0 bridgehead atoms. The van der Waals surface area contributed by atoms with Gasteiger partial charge < -0.3 is 9.32 Å². The van der Waals surface area contributed by atoms with E-state index in [0.29, 0.717) is 0 Å². The highest BCUT2D eigenvalue weighted by Gasteiger charge is 2.47. The number of fused-ring (bicyclic) bond motifs is 7. The molecule has 1 heterocycles. The molecule has 0 unspecified atom stereocenters. The Balaban J connectivity index is 0.939. The van der Waals surface area contributed by atoms with Crippen LogP contribution in [0.4, 0.5) is 17.1 Å². The molecule has 1 aliphatic rings. The lowest BCUT2D eigenvalue weighted by Gasteiger charge is -2.34. The average Bonchev–Trinajstić information content (AvgIpc) is 4.07. The second-order valence-electron chi connectivity index (χ2n) is 19.1. The summed E-state index contributed by atoms with van der Waals surface area (Å²) in [5.74, 6) is 0. The van der Waals surface area contributed by atoms with E-state index in [1.54, 1.807) is 0 Å². The first kappa shape index (κ1) is 42.4. The van der Waals surface area contributed by atoms with E-state index in [2.05, 4.69) is 284 Å². The van der Waals surface area contributed by atoms with Crippen molar-refractivity contribution in [2.45, 2.75) is 5.41 Å². The second-order valence-corrected chi connectivity index (χ2v) is 19.1. The van der Waals surface area contributed by atoms with Crippen molar-refractivity contribution >= 4 is 49.8 Å². The Morgan fingerprint density at radius 2 is 0.849 bits per heavy atom. The van der Waals surface area contributed by atoms with Gasteiger partial charge in [-0.25, -0.2) is 0 Å². The fraction of sp³-hybridized carbons (Fsp3) is 0.0141. The molecule has 0 aliphatic heterocycles. The van der Waals surface area contributed by atoms with Crippen molar-refractivity contribution in [1.82, 2.24) is 0 Å². The number of anilines is 3. The summed E-state index contributed by atoms with van der Waals surface area (Å²) < 4.78 is 6.41. The largest absolute Gasteiger partial charge is 0.456 e. The standard InChI is InChI=1S/C71H47NO/c1-3-21-55(22-4-1)71(56-23-5-2-6-24-56)64-31-12-9-27-62(64)69-61(30-16-32-65(69)71)60-26-10-13-33-66(60)72(58-25-15-20-54(47-58)59-29-17-35-68-70(59)63-28-11-14-34-67(63)73-68)57-44-42-50(43-45-57)49-36-38-51(39-37-49)53-41-40-48-18-7-8-19-52(48)46-53/h1-47H. The lowest BCUT2D eigenvalue weighted by molar-refractivity contribution is 0.669. The maximum Gasteiger partial charge on any atom is 0.136 e. The summed E-state index contributed by atoms with van der Waals surface area (Å²) in [6.45, 7) is 0. The normalized spacial score (nSPS) is 12.5. The molecule has 2 heteroatoms. The van der Waals surface area contributed by atoms with E-state index in [0.717, 1.165) is 61.3 Å². The minimum absolute atomic E-state index is 0.519. The molecule has 2 nitrogen and oxygen atoms in total. The molecule has 0 N–H and O–H groups in total. The van der Waals surface area contributed by atoms with Crippen LogP contribution in [0.5, 0.6) is 0 Å². The number of hydrogen-bond donors (Lipinski definition) is 0. The van der Waals surface area contributed by atoms with Gasteiger partial charge in [0.2, 0.25) is 0 Å². The summed E-state index contributed by atoms with van der Waals surface area (Å²) in [6, 6.07) is 104. The molecule has 342 valence electrons. The van der Waals surface area contributed by atoms with Crippen LogP contribution >= 0.6 is 0 Å². The van der Waals surface area contributed by atoms with E-state index in [4.69, 9.17) is 4.42 Å². The Labute approximate surface area is 425 Å². The van der Waals surface area contributed by atoms with Crippen LogP contribution in [0.1, 0.15) is 22.3 Å². The summed E-state index contributed by atoms with van der Waals surface area (Å²) in [5.41, 5.74) is 21.4. The van der Waals surface area contributed by atoms with Gasteiger partial charge in [0.25, 0.3) is 0 Å². The topological polar surface area (TPSA) is 16.4 Å². The van der Waals surface area contributed by atoms with Crippen LogP contribution in [0.2, 0.25) is 0 Å². The highest BCUT2D eigenvalue weighted by Crippen LogP contribution is 2.59. The first-order valence-electron chi connectivity index (χ1n) is 25.2. The van der Waals surface area contributed by atoms with Crippen molar-refractivity contribution in [3.05, 3.63) is 307 Å². The van der Waals surface area contributed by atoms with Gasteiger partial charge in [-0.05, 0) is 132 Å². The fourth-order valence-electron chi connectivity index (χ4n) is 11.9. The second kappa shape index (κ2) is 17.4. The summed E-state index contributed by atoms with van der Waals surface area (Å²) >= 11 is 0.